The molecule has 1 aromatic heterocycles. The fourth-order valence-electron chi connectivity index (χ4n) is 10.3. The molecule has 5 nitrogen and oxygen atoms in total. The van der Waals surface area contributed by atoms with Gasteiger partial charge in [-0.15, -0.1) is 11.3 Å². The minimum Gasteiger partial charge on any atom is -0.341 e. The first-order valence-electron chi connectivity index (χ1n) is 23.5. The van der Waals surface area contributed by atoms with Crippen LogP contribution in [0, 0.1) is 0 Å². The maximum Gasteiger partial charge on any atom is 0.124 e. The minimum atomic E-state index is -0.0428. The Hall–Kier alpha value is -8.45. The van der Waals surface area contributed by atoms with E-state index in [-0.39, 0.29) is 6.04 Å². The summed E-state index contributed by atoms with van der Waals surface area (Å²) in [4.78, 5) is 14.5. The van der Waals surface area contributed by atoms with Gasteiger partial charge in [0.15, 0.2) is 0 Å². The smallest absolute Gasteiger partial charge is 0.124 e. The number of para-hydroxylation sites is 9. The van der Waals surface area contributed by atoms with Crippen molar-refractivity contribution in [2.24, 2.45) is 0 Å². The molecule has 3 heterocycles. The van der Waals surface area contributed by atoms with Crippen molar-refractivity contribution in [3.8, 4) is 0 Å². The van der Waals surface area contributed by atoms with Gasteiger partial charge >= 0.3 is 0 Å². The van der Waals surface area contributed by atoms with Crippen molar-refractivity contribution in [1.29, 1.82) is 0 Å². The van der Waals surface area contributed by atoms with Gasteiger partial charge in [0.05, 0.1) is 61.8 Å². The van der Waals surface area contributed by atoms with Crippen molar-refractivity contribution in [3.05, 3.63) is 258 Å². The summed E-state index contributed by atoms with van der Waals surface area (Å²) in [6.07, 6.45) is 14.4. The zero-order chi connectivity index (χ0) is 46.6. The van der Waals surface area contributed by atoms with E-state index in [1.807, 2.05) is 6.07 Å². The van der Waals surface area contributed by atoms with Crippen LogP contribution in [0.25, 0.3) is 37.7 Å². The lowest BCUT2D eigenvalue weighted by molar-refractivity contribution is 0.785. The van der Waals surface area contributed by atoms with Crippen molar-refractivity contribution >= 4 is 100 Å². The average molecular weight is 908 g/mol. The number of benzene rings is 8. The van der Waals surface area contributed by atoms with Crippen molar-refractivity contribution < 1.29 is 0 Å². The fourth-order valence-corrected chi connectivity index (χ4v) is 11.2. The Kier molecular flexibility index (Phi) is 10.5. The second kappa shape index (κ2) is 17.3. The van der Waals surface area contributed by atoms with Gasteiger partial charge in [0.1, 0.15) is 5.01 Å². The Bertz CT molecular complexity index is 3650. The molecule has 0 spiro atoms. The van der Waals surface area contributed by atoms with Gasteiger partial charge in [-0.3, -0.25) is 0 Å². The summed E-state index contributed by atoms with van der Waals surface area (Å²) in [5.41, 5.74) is 16.3. The van der Waals surface area contributed by atoms with Crippen LogP contribution in [-0.2, 0) is 0 Å². The Morgan fingerprint density at radius 3 is 1.78 bits per heavy atom. The Morgan fingerprint density at radius 1 is 0.551 bits per heavy atom. The van der Waals surface area contributed by atoms with Gasteiger partial charge in [0, 0.05) is 25.4 Å². The van der Waals surface area contributed by atoms with Crippen molar-refractivity contribution in [1.82, 2.24) is 4.98 Å². The predicted octanol–water partition coefficient (Wildman–Crippen LogP) is 15.0. The highest BCUT2D eigenvalue weighted by Crippen LogP contribution is 2.51. The van der Waals surface area contributed by atoms with Crippen molar-refractivity contribution in [3.63, 3.8) is 0 Å². The van der Waals surface area contributed by atoms with E-state index in [1.54, 1.807) is 11.3 Å². The molecule has 1 aliphatic carbocycles. The molecule has 69 heavy (non-hydrogen) atoms. The molecule has 6 heteroatoms. The molecule has 0 saturated heterocycles. The molecule has 3 aliphatic rings. The van der Waals surface area contributed by atoms with Crippen LogP contribution in [-0.4, -0.2) is 25.1 Å². The van der Waals surface area contributed by atoms with E-state index in [1.165, 1.54) is 33.5 Å². The first kappa shape index (κ1) is 41.9. The Balaban J connectivity index is 1.11. The number of hydrogen-bond acceptors (Lipinski definition) is 6. The third kappa shape index (κ3) is 7.37. The van der Waals surface area contributed by atoms with Crippen LogP contribution in [0.15, 0.2) is 237 Å². The van der Waals surface area contributed by atoms with E-state index >= 15 is 0 Å². The molecule has 2 aliphatic heterocycles. The molecule has 0 amide bonds. The topological polar surface area (TPSA) is 25.9 Å². The minimum absolute atomic E-state index is 0.0428. The number of rotatable bonds is 7. The zero-order valence-corrected chi connectivity index (χ0v) is 39.4. The van der Waals surface area contributed by atoms with Gasteiger partial charge in [0.25, 0.3) is 0 Å². The van der Waals surface area contributed by atoms with E-state index in [2.05, 4.69) is 253 Å². The second-order valence-corrected chi connectivity index (χ2v) is 18.9. The predicted molar refractivity (Wildman–Crippen MR) is 295 cm³/mol. The van der Waals surface area contributed by atoms with Gasteiger partial charge in [-0.25, -0.2) is 4.98 Å². The molecule has 0 radical (unpaired) electrons. The molecule has 1 unspecified atom stereocenters. The van der Waals surface area contributed by atoms with Gasteiger partial charge < -0.3 is 19.6 Å². The molecule has 1 atom stereocenters. The molecule has 8 aromatic carbocycles. The number of hydrogen-bond donors (Lipinski definition) is 0. The SMILES string of the molecule is C=C(/C=C\C(=C)c1nc2ccccc2s1)C1=c2\ccc(N3c4ccccc4N(C)c4ccccc43)c\c2=C(c2ccc3ccccc3c2)\C=C\CC(N2c3ccccc3N(C)c3ccccc32)\C=C\1. The molecule has 0 bridgehead atoms. The van der Waals surface area contributed by atoms with Crippen LogP contribution < -0.4 is 30.0 Å². The largest absolute Gasteiger partial charge is 0.341 e. The van der Waals surface area contributed by atoms with E-state index in [0.717, 1.165) is 88.4 Å². The van der Waals surface area contributed by atoms with Crippen molar-refractivity contribution in [2.75, 3.05) is 33.7 Å². The highest BCUT2D eigenvalue weighted by atomic mass is 32.1. The number of nitrogens with zero attached hydrogens (tertiary/aromatic N) is 5. The monoisotopic (exact) mass is 907 g/mol. The standard InChI is InChI=1S/C63H49N5S/c1-42(32-33-43(2)63-64-53-22-7-16-31-62(53)69-63)49-38-36-47(67-58-27-12-8-23-54(58)65(3)55-24-9-13-28-59(55)67)20-17-21-50(46-35-34-44-18-5-6-19-45(44)40-46)52-41-48(37-39-51(49)52)68-60-29-14-10-25-56(60)66(4)57-26-11-15-30-61(57)68/h5-19,21-41,47H,1-2,20H2,3-4H3/b21-17+,33-32-,38-36+,51-49+,52-50+. The van der Waals surface area contributed by atoms with Gasteiger partial charge in [-0.1, -0.05) is 153 Å². The summed E-state index contributed by atoms with van der Waals surface area (Å²) >= 11 is 1.66. The van der Waals surface area contributed by atoms with Crippen LogP contribution in [0.3, 0.4) is 0 Å². The summed E-state index contributed by atoms with van der Waals surface area (Å²) in [6, 6.07) is 65.5. The van der Waals surface area contributed by atoms with Crippen LogP contribution in [0.5, 0.6) is 0 Å². The van der Waals surface area contributed by atoms with Crippen LogP contribution in [0.4, 0.5) is 51.2 Å². The van der Waals surface area contributed by atoms with Gasteiger partial charge in [-0.05, 0) is 129 Å². The lowest BCUT2D eigenvalue weighted by Gasteiger charge is -2.41. The Morgan fingerprint density at radius 2 is 1.12 bits per heavy atom. The lowest BCUT2D eigenvalue weighted by Crippen LogP contribution is -2.35. The molecule has 12 rings (SSSR count). The fraction of sp³-hybridized carbons (Fsp3) is 0.0635. The number of aromatic nitrogens is 1. The maximum atomic E-state index is 4.94. The molecule has 0 saturated carbocycles. The summed E-state index contributed by atoms with van der Waals surface area (Å²) < 4.78 is 1.14. The van der Waals surface area contributed by atoms with Crippen LogP contribution >= 0.6 is 11.3 Å². The van der Waals surface area contributed by atoms with E-state index in [4.69, 9.17) is 11.6 Å². The normalized spacial score (nSPS) is 17.7. The van der Waals surface area contributed by atoms with E-state index < -0.39 is 0 Å². The second-order valence-electron chi connectivity index (χ2n) is 17.8. The number of anilines is 9. The first-order valence-corrected chi connectivity index (χ1v) is 24.3. The molecule has 9 aromatic rings. The maximum absolute atomic E-state index is 4.94. The molecule has 0 fully saturated rings. The summed E-state index contributed by atoms with van der Waals surface area (Å²) in [6.45, 7) is 9.36. The zero-order valence-electron chi connectivity index (χ0n) is 38.6. The Labute approximate surface area is 407 Å². The number of thiazole rings is 1. The van der Waals surface area contributed by atoms with Crippen LogP contribution in [0.1, 0.15) is 17.0 Å². The van der Waals surface area contributed by atoms with Crippen LogP contribution in [0.2, 0.25) is 0 Å². The first-order chi connectivity index (χ1) is 33.9. The third-order valence-electron chi connectivity index (χ3n) is 13.8. The summed E-state index contributed by atoms with van der Waals surface area (Å²) in [5.74, 6) is 0. The number of allylic oxidation sites excluding steroid dienone is 6. The quantitative estimate of drug-likeness (QED) is 0.148. The summed E-state index contributed by atoms with van der Waals surface area (Å²) in [5, 5.41) is 5.49. The summed E-state index contributed by atoms with van der Waals surface area (Å²) in [7, 11) is 4.32. The van der Waals surface area contributed by atoms with E-state index in [9.17, 15) is 0 Å². The lowest BCUT2D eigenvalue weighted by atomic mass is 9.92. The highest BCUT2D eigenvalue weighted by molar-refractivity contribution is 7.19. The molecule has 0 N–H and O–H groups in total. The number of fused-ring (bicyclic) bond motifs is 7. The van der Waals surface area contributed by atoms with E-state index in [0.29, 0.717) is 0 Å². The average Bonchev–Trinajstić information content (AvgIpc) is 3.84. The molecule has 332 valence electrons. The molecular formula is C63H49N5S. The van der Waals surface area contributed by atoms with Crippen molar-refractivity contribution in [2.45, 2.75) is 12.5 Å². The third-order valence-corrected chi connectivity index (χ3v) is 14.9. The van der Waals surface area contributed by atoms with Gasteiger partial charge in [-0.2, -0.15) is 0 Å². The molecular weight excluding hydrogens is 859 g/mol. The highest BCUT2D eigenvalue weighted by Gasteiger charge is 2.31. The van der Waals surface area contributed by atoms with Gasteiger partial charge in [0.2, 0.25) is 0 Å².